The summed E-state index contributed by atoms with van der Waals surface area (Å²) in [6, 6.07) is 7.63. The third-order valence-electron chi connectivity index (χ3n) is 3.21. The third-order valence-corrected chi connectivity index (χ3v) is 3.21. The van der Waals surface area contributed by atoms with Crippen LogP contribution in [0.5, 0.6) is 0 Å². The minimum absolute atomic E-state index is 0.112. The Balaban J connectivity index is 2.37. The molecule has 2 rings (SSSR count). The minimum Gasteiger partial charge on any atom is -0.334 e. The molecule has 0 fully saturated rings. The highest BCUT2D eigenvalue weighted by Gasteiger charge is 2.24. The summed E-state index contributed by atoms with van der Waals surface area (Å²) in [5, 5.41) is 14.6. The Kier molecular flexibility index (Phi) is 5.30. The maximum Gasteiger partial charge on any atom is 0.354 e. The topological polar surface area (TPSA) is 105 Å². The lowest BCUT2D eigenvalue weighted by Gasteiger charge is -2.21. The molecule has 0 amide bonds. The molecule has 1 aromatic carbocycles. The molecule has 1 aromatic heterocycles. The summed E-state index contributed by atoms with van der Waals surface area (Å²) in [6.45, 7) is 7.83. The van der Waals surface area contributed by atoms with Crippen LogP contribution in [0, 0.1) is 10.1 Å². The van der Waals surface area contributed by atoms with Gasteiger partial charge in [-0.15, -0.1) is 0 Å². The van der Waals surface area contributed by atoms with Crippen molar-refractivity contribution in [3.05, 3.63) is 46.3 Å². The summed E-state index contributed by atoms with van der Waals surface area (Å²) in [5.41, 5.74) is 7.13. The van der Waals surface area contributed by atoms with Gasteiger partial charge in [0.25, 0.3) is 0 Å². The van der Waals surface area contributed by atoms with Crippen LogP contribution in [-0.2, 0) is 6.42 Å². The number of anilines is 3. The average Bonchev–Trinajstić information content (AvgIpc) is 2.52. The zero-order valence-corrected chi connectivity index (χ0v) is 14.3. The second-order valence-corrected chi connectivity index (χ2v) is 6.31. The smallest absolute Gasteiger partial charge is 0.334 e. The molecule has 0 atom stereocenters. The van der Waals surface area contributed by atoms with E-state index < -0.39 is 4.92 Å². The number of para-hydroxylation sites is 1. The quantitative estimate of drug-likeness (QED) is 0.550. The number of rotatable bonds is 6. The molecule has 0 unspecified atom stereocenters. The molecule has 8 heteroatoms. The molecular formula is C16H22N6O2. The third kappa shape index (κ3) is 4.39. The van der Waals surface area contributed by atoms with Crippen LogP contribution >= 0.6 is 0 Å². The van der Waals surface area contributed by atoms with Gasteiger partial charge in [0.15, 0.2) is 0 Å². The number of aryl methyl sites for hydroxylation is 1. The van der Waals surface area contributed by atoms with Gasteiger partial charge in [-0.25, -0.2) is 15.4 Å². The molecule has 0 saturated carbocycles. The van der Waals surface area contributed by atoms with Crippen LogP contribution in [0.15, 0.2) is 30.6 Å². The SMILES string of the molecule is CCc1ccccc1Nc1ncnc(NNC(C)(C)C)c1[N+](=O)[O-]. The molecule has 0 spiro atoms. The van der Waals surface area contributed by atoms with Crippen molar-refractivity contribution in [3.8, 4) is 0 Å². The van der Waals surface area contributed by atoms with E-state index in [0.717, 1.165) is 17.7 Å². The maximum atomic E-state index is 11.5. The van der Waals surface area contributed by atoms with Gasteiger partial charge in [0, 0.05) is 11.2 Å². The molecule has 0 aliphatic heterocycles. The van der Waals surface area contributed by atoms with Crippen LogP contribution in [0.2, 0.25) is 0 Å². The van der Waals surface area contributed by atoms with E-state index in [9.17, 15) is 10.1 Å². The first-order chi connectivity index (χ1) is 11.3. The van der Waals surface area contributed by atoms with E-state index in [-0.39, 0.29) is 22.9 Å². The van der Waals surface area contributed by atoms with Crippen molar-refractivity contribution in [1.29, 1.82) is 0 Å². The Morgan fingerprint density at radius 2 is 1.83 bits per heavy atom. The lowest BCUT2D eigenvalue weighted by atomic mass is 10.1. The number of aromatic nitrogens is 2. The summed E-state index contributed by atoms with van der Waals surface area (Å²) >= 11 is 0. The number of nitrogens with one attached hydrogen (secondary N) is 3. The Labute approximate surface area is 140 Å². The Morgan fingerprint density at radius 1 is 1.17 bits per heavy atom. The molecule has 0 aliphatic carbocycles. The zero-order chi connectivity index (χ0) is 17.7. The largest absolute Gasteiger partial charge is 0.354 e. The molecule has 0 saturated heterocycles. The summed E-state index contributed by atoms with van der Waals surface area (Å²) in [5.74, 6) is 0.260. The van der Waals surface area contributed by atoms with Gasteiger partial charge in [0.05, 0.1) is 4.92 Å². The van der Waals surface area contributed by atoms with Crippen LogP contribution in [-0.4, -0.2) is 20.4 Å². The first-order valence-corrected chi connectivity index (χ1v) is 7.69. The Hall–Kier alpha value is -2.74. The monoisotopic (exact) mass is 330 g/mol. The number of hydrogen-bond donors (Lipinski definition) is 3. The van der Waals surface area contributed by atoms with Crippen molar-refractivity contribution in [2.45, 2.75) is 39.7 Å². The van der Waals surface area contributed by atoms with Gasteiger partial charge in [-0.05, 0) is 38.8 Å². The Bertz CT molecular complexity index is 727. The van der Waals surface area contributed by atoms with Gasteiger partial charge < -0.3 is 5.32 Å². The number of benzene rings is 1. The van der Waals surface area contributed by atoms with E-state index in [2.05, 4.69) is 26.1 Å². The molecule has 0 bridgehead atoms. The predicted octanol–water partition coefficient (Wildman–Crippen LogP) is 3.41. The van der Waals surface area contributed by atoms with Gasteiger partial charge in [0.1, 0.15) is 6.33 Å². The zero-order valence-electron chi connectivity index (χ0n) is 14.3. The van der Waals surface area contributed by atoms with Gasteiger partial charge >= 0.3 is 5.69 Å². The van der Waals surface area contributed by atoms with Gasteiger partial charge in [-0.3, -0.25) is 15.5 Å². The summed E-state index contributed by atoms with van der Waals surface area (Å²) in [4.78, 5) is 19.1. The van der Waals surface area contributed by atoms with Crippen LogP contribution in [0.3, 0.4) is 0 Å². The lowest BCUT2D eigenvalue weighted by molar-refractivity contribution is -0.383. The molecule has 24 heavy (non-hydrogen) atoms. The fourth-order valence-corrected chi connectivity index (χ4v) is 2.06. The highest BCUT2D eigenvalue weighted by Crippen LogP contribution is 2.31. The van der Waals surface area contributed by atoms with Crippen LogP contribution in [0.1, 0.15) is 33.3 Å². The first kappa shape index (κ1) is 17.6. The minimum atomic E-state index is -0.496. The molecule has 8 nitrogen and oxygen atoms in total. The van der Waals surface area contributed by atoms with Crippen molar-refractivity contribution in [1.82, 2.24) is 15.4 Å². The average molecular weight is 330 g/mol. The number of nitro groups is 1. The van der Waals surface area contributed by atoms with Crippen LogP contribution < -0.4 is 16.2 Å². The molecule has 3 N–H and O–H groups in total. The standard InChI is InChI=1S/C16H22N6O2/c1-5-11-8-6-7-9-12(11)19-14-13(22(23)24)15(18-10-17-14)20-21-16(2,3)4/h6-10,21H,5H2,1-4H3,(H2,17,18,19,20). The van der Waals surface area contributed by atoms with Crippen molar-refractivity contribution in [2.75, 3.05) is 10.7 Å². The van der Waals surface area contributed by atoms with E-state index in [0.29, 0.717) is 0 Å². The van der Waals surface area contributed by atoms with E-state index >= 15 is 0 Å². The summed E-state index contributed by atoms with van der Waals surface area (Å²) in [6.07, 6.45) is 2.09. The first-order valence-electron chi connectivity index (χ1n) is 7.69. The van der Waals surface area contributed by atoms with Crippen molar-refractivity contribution in [2.24, 2.45) is 0 Å². The van der Waals surface area contributed by atoms with E-state index in [1.54, 1.807) is 0 Å². The fourth-order valence-electron chi connectivity index (χ4n) is 2.06. The Morgan fingerprint density at radius 3 is 2.46 bits per heavy atom. The lowest BCUT2D eigenvalue weighted by Crippen LogP contribution is -2.40. The highest BCUT2D eigenvalue weighted by atomic mass is 16.6. The number of hydrogen-bond acceptors (Lipinski definition) is 7. The van der Waals surface area contributed by atoms with Gasteiger partial charge in [0.2, 0.25) is 11.6 Å². The number of hydrazine groups is 1. The number of nitrogens with zero attached hydrogens (tertiary/aromatic N) is 3. The molecule has 2 aromatic rings. The van der Waals surface area contributed by atoms with Crippen molar-refractivity contribution in [3.63, 3.8) is 0 Å². The van der Waals surface area contributed by atoms with E-state index in [4.69, 9.17) is 0 Å². The predicted molar refractivity (Wildman–Crippen MR) is 94.3 cm³/mol. The molecular weight excluding hydrogens is 308 g/mol. The van der Waals surface area contributed by atoms with Crippen molar-refractivity contribution >= 4 is 23.0 Å². The van der Waals surface area contributed by atoms with Crippen LogP contribution in [0.4, 0.5) is 23.0 Å². The van der Waals surface area contributed by atoms with Crippen molar-refractivity contribution < 1.29 is 4.92 Å². The van der Waals surface area contributed by atoms with Gasteiger partial charge in [-0.2, -0.15) is 0 Å². The highest BCUT2D eigenvalue weighted by molar-refractivity contribution is 5.74. The van der Waals surface area contributed by atoms with E-state index in [1.807, 2.05) is 52.0 Å². The summed E-state index contributed by atoms with van der Waals surface area (Å²) < 4.78 is 0. The van der Waals surface area contributed by atoms with E-state index in [1.165, 1.54) is 6.33 Å². The summed E-state index contributed by atoms with van der Waals surface area (Å²) in [7, 11) is 0. The normalized spacial score (nSPS) is 11.2. The molecule has 1 heterocycles. The van der Waals surface area contributed by atoms with Crippen LogP contribution in [0.25, 0.3) is 0 Å². The maximum absolute atomic E-state index is 11.5. The van der Waals surface area contributed by atoms with Gasteiger partial charge in [-0.1, -0.05) is 25.1 Å². The second-order valence-electron chi connectivity index (χ2n) is 6.31. The second kappa shape index (κ2) is 7.22. The molecule has 0 aliphatic rings. The fraction of sp³-hybridized carbons (Fsp3) is 0.375. The molecule has 0 radical (unpaired) electrons. The molecule has 128 valence electrons.